The van der Waals surface area contributed by atoms with Crippen LogP contribution in [0.2, 0.25) is 0 Å². The van der Waals surface area contributed by atoms with Crippen LogP contribution in [0, 0.1) is 5.92 Å². The van der Waals surface area contributed by atoms with Crippen molar-refractivity contribution in [2.45, 2.75) is 18.9 Å². The molecule has 4 rings (SSSR count). The fourth-order valence-electron chi connectivity index (χ4n) is 3.55. The van der Waals surface area contributed by atoms with E-state index in [1.54, 1.807) is 6.20 Å². The van der Waals surface area contributed by atoms with Crippen molar-refractivity contribution in [1.82, 2.24) is 14.5 Å². The number of aliphatic hydroxyl groups excluding tert-OH is 1. The van der Waals surface area contributed by atoms with Gasteiger partial charge in [-0.3, -0.25) is 0 Å². The van der Waals surface area contributed by atoms with Gasteiger partial charge in [0.1, 0.15) is 17.7 Å². The van der Waals surface area contributed by atoms with Gasteiger partial charge in [-0.2, -0.15) is 0 Å². The van der Waals surface area contributed by atoms with Crippen molar-refractivity contribution in [2.24, 2.45) is 13.0 Å². The molecule has 3 heterocycles. The lowest BCUT2D eigenvalue weighted by Crippen LogP contribution is -2.36. The molecule has 0 aliphatic carbocycles. The Morgan fingerprint density at radius 2 is 1.92 bits per heavy atom. The van der Waals surface area contributed by atoms with Crippen molar-refractivity contribution in [1.29, 1.82) is 0 Å². The Hall–Kier alpha value is -2.40. The normalized spacial score (nSPS) is 17.3. The molecule has 0 amide bonds. The number of aryl methyl sites for hydroxylation is 1. The number of aromatic nitrogens is 3. The van der Waals surface area contributed by atoms with Gasteiger partial charge in [0.05, 0.1) is 5.52 Å². The summed E-state index contributed by atoms with van der Waals surface area (Å²) in [4.78, 5) is 11.4. The number of fused-ring (bicyclic) bond motifs is 1. The number of piperidine rings is 1. The summed E-state index contributed by atoms with van der Waals surface area (Å²) < 4.78 is 1.90. The van der Waals surface area contributed by atoms with Crippen LogP contribution in [0.25, 0.3) is 10.9 Å². The molecule has 1 N–H and O–H groups in total. The quantitative estimate of drug-likeness (QED) is 0.805. The van der Waals surface area contributed by atoms with E-state index in [9.17, 15) is 5.11 Å². The number of nitrogens with zero attached hydrogens (tertiary/aromatic N) is 4. The van der Waals surface area contributed by atoms with E-state index in [1.807, 2.05) is 29.9 Å². The molecule has 3 aromatic rings. The number of anilines is 1. The zero-order chi connectivity index (χ0) is 16.5. The fraction of sp³-hybridized carbons (Fsp3) is 0.368. The predicted molar refractivity (Wildman–Crippen MR) is 94.8 cm³/mol. The van der Waals surface area contributed by atoms with Crippen LogP contribution in [0.15, 0.2) is 48.8 Å². The molecule has 5 nitrogen and oxygen atoms in total. The topological polar surface area (TPSA) is 54.2 Å². The average molecular weight is 322 g/mol. The van der Waals surface area contributed by atoms with E-state index in [1.165, 1.54) is 5.39 Å². The van der Waals surface area contributed by atoms with Gasteiger partial charge in [-0.25, -0.2) is 9.97 Å². The van der Waals surface area contributed by atoms with Crippen molar-refractivity contribution < 1.29 is 5.11 Å². The first-order valence-corrected chi connectivity index (χ1v) is 8.48. The standard InChI is InChI=1S/C19H22N4O/c1-22-13-10-20-19(22)18(24)15-8-11-23(12-9-15)17-7-6-14-4-2-3-5-16(14)21-17/h2-7,10,13,15,18,24H,8-9,11-12H2,1H3. The van der Waals surface area contributed by atoms with Crippen LogP contribution >= 0.6 is 0 Å². The Morgan fingerprint density at radius 3 is 2.67 bits per heavy atom. The molecule has 1 saturated heterocycles. The third-order valence-electron chi connectivity index (χ3n) is 5.02. The predicted octanol–water partition coefficient (Wildman–Crippen LogP) is 2.92. The molecule has 1 aliphatic rings. The molecular formula is C19H22N4O. The SMILES string of the molecule is Cn1ccnc1C(O)C1CCN(c2ccc3ccccc3n2)CC1. The van der Waals surface area contributed by atoms with Gasteiger partial charge in [-0.1, -0.05) is 18.2 Å². The molecule has 1 aromatic carbocycles. The van der Waals surface area contributed by atoms with Crippen LogP contribution < -0.4 is 4.90 Å². The summed E-state index contributed by atoms with van der Waals surface area (Å²) in [5.74, 6) is 2.04. The minimum atomic E-state index is -0.489. The first-order valence-electron chi connectivity index (χ1n) is 8.48. The highest BCUT2D eigenvalue weighted by molar-refractivity contribution is 5.80. The van der Waals surface area contributed by atoms with Crippen molar-refractivity contribution in [2.75, 3.05) is 18.0 Å². The van der Waals surface area contributed by atoms with Gasteiger partial charge >= 0.3 is 0 Å². The summed E-state index contributed by atoms with van der Waals surface area (Å²) in [7, 11) is 1.93. The molecule has 5 heteroatoms. The second-order valence-electron chi connectivity index (χ2n) is 6.53. The lowest BCUT2D eigenvalue weighted by molar-refractivity contribution is 0.0824. The van der Waals surface area contributed by atoms with E-state index >= 15 is 0 Å². The van der Waals surface area contributed by atoms with Gasteiger partial charge in [-0.15, -0.1) is 0 Å². The van der Waals surface area contributed by atoms with E-state index < -0.39 is 6.10 Å². The molecular weight excluding hydrogens is 300 g/mol. The summed E-state index contributed by atoms with van der Waals surface area (Å²) in [5.41, 5.74) is 1.03. The monoisotopic (exact) mass is 322 g/mol. The lowest BCUT2D eigenvalue weighted by Gasteiger charge is -2.34. The van der Waals surface area contributed by atoms with Crippen LogP contribution in [-0.2, 0) is 7.05 Å². The second kappa shape index (κ2) is 6.24. The summed E-state index contributed by atoms with van der Waals surface area (Å²) >= 11 is 0. The smallest absolute Gasteiger partial charge is 0.137 e. The number of rotatable bonds is 3. The summed E-state index contributed by atoms with van der Waals surface area (Å²) in [6.07, 6.45) is 5.03. The number of imidazole rings is 1. The van der Waals surface area contributed by atoms with Crippen LogP contribution in [0.3, 0.4) is 0 Å². The van der Waals surface area contributed by atoms with Crippen molar-refractivity contribution >= 4 is 16.7 Å². The number of benzene rings is 1. The molecule has 0 radical (unpaired) electrons. The Bertz CT molecular complexity index is 836. The van der Waals surface area contributed by atoms with E-state index in [0.29, 0.717) is 0 Å². The van der Waals surface area contributed by atoms with Gasteiger partial charge < -0.3 is 14.6 Å². The first kappa shape index (κ1) is 15.1. The van der Waals surface area contributed by atoms with E-state index in [0.717, 1.165) is 43.1 Å². The number of aliphatic hydroxyl groups is 1. The first-order chi connectivity index (χ1) is 11.7. The van der Waals surface area contributed by atoms with E-state index in [-0.39, 0.29) is 5.92 Å². The Kier molecular flexibility index (Phi) is 3.94. The molecule has 1 atom stereocenters. The molecule has 0 bridgehead atoms. The van der Waals surface area contributed by atoms with Crippen LogP contribution in [0.5, 0.6) is 0 Å². The summed E-state index contributed by atoms with van der Waals surface area (Å²) in [6, 6.07) is 12.4. The van der Waals surface area contributed by atoms with E-state index in [2.05, 4.69) is 34.1 Å². The van der Waals surface area contributed by atoms with Gasteiger partial charge in [0, 0.05) is 37.9 Å². The molecule has 0 saturated carbocycles. The van der Waals surface area contributed by atoms with Gasteiger partial charge in [0.2, 0.25) is 0 Å². The van der Waals surface area contributed by atoms with Gasteiger partial charge in [0.15, 0.2) is 0 Å². The van der Waals surface area contributed by atoms with Crippen LogP contribution in [0.1, 0.15) is 24.8 Å². The maximum Gasteiger partial charge on any atom is 0.137 e. The largest absolute Gasteiger partial charge is 0.385 e. The Balaban J connectivity index is 1.46. The van der Waals surface area contributed by atoms with Crippen LogP contribution in [0.4, 0.5) is 5.82 Å². The minimum Gasteiger partial charge on any atom is -0.385 e. The summed E-state index contributed by atoms with van der Waals surface area (Å²) in [6.45, 7) is 1.83. The third kappa shape index (κ3) is 2.76. The van der Waals surface area contributed by atoms with Gasteiger partial charge in [0.25, 0.3) is 0 Å². The minimum absolute atomic E-state index is 0.253. The zero-order valence-corrected chi connectivity index (χ0v) is 13.8. The lowest BCUT2D eigenvalue weighted by atomic mass is 9.90. The van der Waals surface area contributed by atoms with E-state index in [4.69, 9.17) is 4.98 Å². The molecule has 124 valence electrons. The number of hydrogen-bond donors (Lipinski definition) is 1. The zero-order valence-electron chi connectivity index (χ0n) is 13.8. The molecule has 0 spiro atoms. The molecule has 1 fully saturated rings. The van der Waals surface area contributed by atoms with Crippen molar-refractivity contribution in [3.8, 4) is 0 Å². The third-order valence-corrected chi connectivity index (χ3v) is 5.02. The molecule has 1 aliphatic heterocycles. The second-order valence-corrected chi connectivity index (χ2v) is 6.53. The molecule has 1 unspecified atom stereocenters. The highest BCUT2D eigenvalue weighted by Gasteiger charge is 2.28. The molecule has 2 aromatic heterocycles. The van der Waals surface area contributed by atoms with Crippen molar-refractivity contribution in [3.63, 3.8) is 0 Å². The van der Waals surface area contributed by atoms with Crippen LogP contribution in [-0.4, -0.2) is 32.7 Å². The van der Waals surface area contributed by atoms with Crippen molar-refractivity contribution in [3.05, 3.63) is 54.6 Å². The number of pyridine rings is 1. The Morgan fingerprint density at radius 1 is 1.12 bits per heavy atom. The number of para-hydroxylation sites is 1. The number of hydrogen-bond acceptors (Lipinski definition) is 4. The average Bonchev–Trinajstić information content (AvgIpc) is 3.07. The fourth-order valence-corrected chi connectivity index (χ4v) is 3.55. The maximum atomic E-state index is 10.6. The highest BCUT2D eigenvalue weighted by Crippen LogP contribution is 2.31. The molecule has 24 heavy (non-hydrogen) atoms. The van der Waals surface area contributed by atoms with Gasteiger partial charge in [-0.05, 0) is 37.0 Å². The Labute approximate surface area is 141 Å². The maximum absolute atomic E-state index is 10.6. The highest BCUT2D eigenvalue weighted by atomic mass is 16.3. The summed E-state index contributed by atoms with van der Waals surface area (Å²) in [5, 5.41) is 11.8.